The molecule has 0 bridgehead atoms. The standard InChI is InChI=1S/C7H12O4/c1-5(11-2)6(8)3-4-7(9)10/h5H,3-4H2,1-2H3,(H,9,10). The third-order valence-electron chi connectivity index (χ3n) is 1.39. The molecule has 1 atom stereocenters. The lowest BCUT2D eigenvalue weighted by Gasteiger charge is -2.05. The Morgan fingerprint density at radius 2 is 2.00 bits per heavy atom. The topological polar surface area (TPSA) is 63.6 Å². The van der Waals surface area contributed by atoms with Crippen molar-refractivity contribution in [3.63, 3.8) is 0 Å². The van der Waals surface area contributed by atoms with Crippen LogP contribution in [0, 0.1) is 0 Å². The van der Waals surface area contributed by atoms with E-state index in [1.165, 1.54) is 7.11 Å². The third kappa shape index (κ3) is 4.50. The molecule has 0 spiro atoms. The largest absolute Gasteiger partial charge is 0.481 e. The molecule has 0 heterocycles. The number of aliphatic carboxylic acids is 1. The number of hydrogen-bond donors (Lipinski definition) is 1. The molecule has 0 amide bonds. The minimum Gasteiger partial charge on any atom is -0.481 e. The molecule has 0 radical (unpaired) electrons. The highest BCUT2D eigenvalue weighted by atomic mass is 16.5. The number of carbonyl (C=O) groups excluding carboxylic acids is 1. The molecule has 0 aliphatic rings. The molecule has 0 aliphatic carbocycles. The van der Waals surface area contributed by atoms with Gasteiger partial charge in [-0.25, -0.2) is 0 Å². The molecule has 0 aliphatic heterocycles. The van der Waals surface area contributed by atoms with Crippen molar-refractivity contribution in [3.8, 4) is 0 Å². The van der Waals surface area contributed by atoms with Gasteiger partial charge < -0.3 is 9.84 Å². The molecule has 0 aromatic carbocycles. The second-order valence-corrected chi connectivity index (χ2v) is 2.24. The molecule has 11 heavy (non-hydrogen) atoms. The van der Waals surface area contributed by atoms with E-state index in [1.807, 2.05) is 0 Å². The maximum atomic E-state index is 10.9. The first kappa shape index (κ1) is 10.1. The van der Waals surface area contributed by atoms with Crippen LogP contribution in [-0.2, 0) is 14.3 Å². The van der Waals surface area contributed by atoms with Crippen molar-refractivity contribution >= 4 is 11.8 Å². The summed E-state index contributed by atoms with van der Waals surface area (Å²) in [4.78, 5) is 20.9. The Balaban J connectivity index is 3.60. The van der Waals surface area contributed by atoms with E-state index < -0.39 is 12.1 Å². The van der Waals surface area contributed by atoms with Gasteiger partial charge in [-0.2, -0.15) is 0 Å². The second-order valence-electron chi connectivity index (χ2n) is 2.24. The number of ether oxygens (including phenoxy) is 1. The van der Waals surface area contributed by atoms with Crippen LogP contribution in [0.3, 0.4) is 0 Å². The van der Waals surface area contributed by atoms with Crippen LogP contribution >= 0.6 is 0 Å². The summed E-state index contributed by atoms with van der Waals surface area (Å²) < 4.78 is 4.70. The van der Waals surface area contributed by atoms with Crippen LogP contribution in [0.2, 0.25) is 0 Å². The molecular weight excluding hydrogens is 148 g/mol. The molecule has 0 aromatic heterocycles. The maximum absolute atomic E-state index is 10.9. The van der Waals surface area contributed by atoms with E-state index in [1.54, 1.807) is 6.92 Å². The van der Waals surface area contributed by atoms with Gasteiger partial charge in [0.1, 0.15) is 6.10 Å². The maximum Gasteiger partial charge on any atom is 0.303 e. The molecule has 64 valence electrons. The summed E-state index contributed by atoms with van der Waals surface area (Å²) in [6.07, 6.45) is -0.564. The second kappa shape index (κ2) is 4.85. The Hall–Kier alpha value is -0.900. The van der Waals surface area contributed by atoms with Crippen molar-refractivity contribution in [3.05, 3.63) is 0 Å². The van der Waals surface area contributed by atoms with Crippen LogP contribution < -0.4 is 0 Å². The number of carbonyl (C=O) groups is 2. The molecule has 0 rings (SSSR count). The highest BCUT2D eigenvalue weighted by Crippen LogP contribution is 1.98. The fourth-order valence-corrected chi connectivity index (χ4v) is 0.565. The van der Waals surface area contributed by atoms with E-state index in [4.69, 9.17) is 9.84 Å². The molecule has 1 unspecified atom stereocenters. The van der Waals surface area contributed by atoms with E-state index in [9.17, 15) is 9.59 Å². The summed E-state index contributed by atoms with van der Waals surface area (Å²) in [6.45, 7) is 1.60. The highest BCUT2D eigenvalue weighted by Gasteiger charge is 2.12. The Kier molecular flexibility index (Phi) is 4.45. The summed E-state index contributed by atoms with van der Waals surface area (Å²) in [7, 11) is 1.42. The molecule has 0 fully saturated rings. The fraction of sp³-hybridized carbons (Fsp3) is 0.714. The van der Waals surface area contributed by atoms with Crippen LogP contribution in [0.25, 0.3) is 0 Å². The zero-order chi connectivity index (χ0) is 8.85. The zero-order valence-electron chi connectivity index (χ0n) is 6.66. The Bertz CT molecular complexity index is 153. The van der Waals surface area contributed by atoms with Crippen LogP contribution in [0.5, 0.6) is 0 Å². The van der Waals surface area contributed by atoms with Crippen molar-refractivity contribution in [2.75, 3.05) is 7.11 Å². The molecular formula is C7H12O4. The first-order valence-electron chi connectivity index (χ1n) is 3.35. The summed E-state index contributed by atoms with van der Waals surface area (Å²) in [6, 6.07) is 0. The monoisotopic (exact) mass is 160 g/mol. The normalized spacial score (nSPS) is 12.5. The smallest absolute Gasteiger partial charge is 0.303 e. The lowest BCUT2D eigenvalue weighted by Crippen LogP contribution is -2.19. The first-order valence-corrected chi connectivity index (χ1v) is 3.35. The van der Waals surface area contributed by atoms with Gasteiger partial charge in [-0.1, -0.05) is 0 Å². The molecule has 1 N–H and O–H groups in total. The number of methoxy groups -OCH3 is 1. The third-order valence-corrected chi connectivity index (χ3v) is 1.39. The number of carboxylic acid groups (broad SMARTS) is 1. The van der Waals surface area contributed by atoms with Gasteiger partial charge in [0.25, 0.3) is 0 Å². The van der Waals surface area contributed by atoms with Crippen molar-refractivity contribution in [2.24, 2.45) is 0 Å². The van der Waals surface area contributed by atoms with Crippen LogP contribution in [-0.4, -0.2) is 30.1 Å². The lowest BCUT2D eigenvalue weighted by atomic mass is 10.1. The van der Waals surface area contributed by atoms with E-state index in [0.29, 0.717) is 0 Å². The van der Waals surface area contributed by atoms with Gasteiger partial charge in [0.15, 0.2) is 5.78 Å². The molecule has 4 heteroatoms. The minimum atomic E-state index is -0.957. The summed E-state index contributed by atoms with van der Waals surface area (Å²) in [5.41, 5.74) is 0. The molecule has 0 saturated heterocycles. The average molecular weight is 160 g/mol. The van der Waals surface area contributed by atoms with Gasteiger partial charge in [-0.05, 0) is 6.92 Å². The Labute approximate surface area is 65.2 Å². The highest BCUT2D eigenvalue weighted by molar-refractivity contribution is 5.85. The Morgan fingerprint density at radius 1 is 1.45 bits per heavy atom. The average Bonchev–Trinajstić information content (AvgIpc) is 1.98. The lowest BCUT2D eigenvalue weighted by molar-refractivity contribution is -0.139. The van der Waals surface area contributed by atoms with Gasteiger partial charge in [0.2, 0.25) is 0 Å². The van der Waals surface area contributed by atoms with Crippen molar-refractivity contribution in [1.29, 1.82) is 0 Å². The number of Topliss-reactive ketones (excluding diaryl/α,β-unsaturated/α-hetero) is 1. The first-order chi connectivity index (χ1) is 5.07. The van der Waals surface area contributed by atoms with Gasteiger partial charge >= 0.3 is 5.97 Å². The van der Waals surface area contributed by atoms with Gasteiger partial charge in [-0.3, -0.25) is 9.59 Å². The SMILES string of the molecule is COC(C)C(=O)CCC(=O)O. The van der Waals surface area contributed by atoms with Gasteiger partial charge in [0.05, 0.1) is 6.42 Å². The van der Waals surface area contributed by atoms with Crippen molar-refractivity contribution < 1.29 is 19.4 Å². The van der Waals surface area contributed by atoms with Crippen LogP contribution in [0.1, 0.15) is 19.8 Å². The van der Waals surface area contributed by atoms with Crippen LogP contribution in [0.4, 0.5) is 0 Å². The number of rotatable bonds is 5. The summed E-state index contributed by atoms with van der Waals surface area (Å²) in [5.74, 6) is -1.13. The fourth-order valence-electron chi connectivity index (χ4n) is 0.565. The number of hydrogen-bond acceptors (Lipinski definition) is 3. The molecule has 4 nitrogen and oxygen atoms in total. The van der Waals surface area contributed by atoms with Gasteiger partial charge in [0, 0.05) is 13.5 Å². The quantitative estimate of drug-likeness (QED) is 0.634. The minimum absolute atomic E-state index is 0.0460. The van der Waals surface area contributed by atoms with Crippen molar-refractivity contribution in [2.45, 2.75) is 25.9 Å². The predicted octanol–water partition coefficient (Wildman–Crippen LogP) is 0.455. The molecule has 0 aromatic rings. The predicted molar refractivity (Wildman–Crippen MR) is 38.3 cm³/mol. The molecule has 0 saturated carbocycles. The summed E-state index contributed by atoms with van der Waals surface area (Å²) >= 11 is 0. The van der Waals surface area contributed by atoms with E-state index in [-0.39, 0.29) is 18.6 Å². The number of carboxylic acids is 1. The van der Waals surface area contributed by atoms with Gasteiger partial charge in [-0.15, -0.1) is 0 Å². The van der Waals surface area contributed by atoms with E-state index in [2.05, 4.69) is 0 Å². The summed E-state index contributed by atoms with van der Waals surface area (Å²) in [5, 5.41) is 8.22. The number of ketones is 1. The zero-order valence-corrected chi connectivity index (χ0v) is 6.66. The van der Waals surface area contributed by atoms with E-state index >= 15 is 0 Å². The van der Waals surface area contributed by atoms with E-state index in [0.717, 1.165) is 0 Å². The Morgan fingerprint density at radius 3 is 2.36 bits per heavy atom. The van der Waals surface area contributed by atoms with Crippen molar-refractivity contribution in [1.82, 2.24) is 0 Å². The van der Waals surface area contributed by atoms with Crippen LogP contribution in [0.15, 0.2) is 0 Å².